The van der Waals surface area contributed by atoms with Crippen molar-refractivity contribution in [3.05, 3.63) is 45.1 Å². The van der Waals surface area contributed by atoms with Crippen LogP contribution >= 0.6 is 23.1 Å². The van der Waals surface area contributed by atoms with Crippen molar-refractivity contribution in [3.63, 3.8) is 0 Å². The zero-order valence-corrected chi connectivity index (χ0v) is 21.5. The summed E-state index contributed by atoms with van der Waals surface area (Å²) in [6.45, 7) is 11.8. The van der Waals surface area contributed by atoms with Crippen LogP contribution in [0, 0.1) is 11.3 Å². The third kappa shape index (κ3) is 4.62. The van der Waals surface area contributed by atoms with Crippen molar-refractivity contribution in [1.29, 1.82) is 0 Å². The summed E-state index contributed by atoms with van der Waals surface area (Å²) in [5.74, 6) is 2.43. The Balaban J connectivity index is 1.83. The Labute approximate surface area is 199 Å². The summed E-state index contributed by atoms with van der Waals surface area (Å²) in [5.41, 5.74) is 2.46. The lowest BCUT2D eigenvalue weighted by atomic mass is 9.72. The van der Waals surface area contributed by atoms with Gasteiger partial charge < -0.3 is 4.74 Å². The number of thiophene rings is 1. The Morgan fingerprint density at radius 2 is 1.97 bits per heavy atom. The summed E-state index contributed by atoms with van der Waals surface area (Å²) in [5, 5.41) is 1.64. The quantitative estimate of drug-likeness (QED) is 0.214. The summed E-state index contributed by atoms with van der Waals surface area (Å²) < 4.78 is 7.42. The molecule has 6 heteroatoms. The molecule has 0 aliphatic heterocycles. The minimum Gasteiger partial charge on any atom is -0.494 e. The van der Waals surface area contributed by atoms with Gasteiger partial charge >= 0.3 is 0 Å². The highest BCUT2D eigenvalue weighted by Crippen LogP contribution is 2.42. The third-order valence-electron chi connectivity index (χ3n) is 6.41. The van der Waals surface area contributed by atoms with E-state index in [4.69, 9.17) is 9.72 Å². The Hall–Kier alpha value is -1.79. The molecule has 2 heterocycles. The van der Waals surface area contributed by atoms with Gasteiger partial charge in [-0.25, -0.2) is 4.98 Å². The van der Waals surface area contributed by atoms with E-state index >= 15 is 0 Å². The van der Waals surface area contributed by atoms with Gasteiger partial charge in [0.15, 0.2) is 5.16 Å². The lowest BCUT2D eigenvalue weighted by Crippen LogP contribution is -2.27. The molecule has 0 spiro atoms. The van der Waals surface area contributed by atoms with Crippen LogP contribution in [-0.2, 0) is 12.8 Å². The van der Waals surface area contributed by atoms with E-state index in [1.54, 1.807) is 23.1 Å². The van der Waals surface area contributed by atoms with Crippen LogP contribution in [0.1, 0.15) is 64.3 Å². The average Bonchev–Trinajstić information content (AvgIpc) is 3.12. The minimum atomic E-state index is 0.0740. The van der Waals surface area contributed by atoms with Crippen LogP contribution in [0.25, 0.3) is 15.9 Å². The summed E-state index contributed by atoms with van der Waals surface area (Å²) in [6.07, 6.45) is 5.40. The number of rotatable bonds is 7. The van der Waals surface area contributed by atoms with E-state index in [1.807, 2.05) is 35.8 Å². The van der Waals surface area contributed by atoms with E-state index < -0.39 is 0 Å². The first-order valence-corrected chi connectivity index (χ1v) is 13.6. The van der Waals surface area contributed by atoms with Gasteiger partial charge in [-0.3, -0.25) is 9.36 Å². The largest absolute Gasteiger partial charge is 0.494 e. The summed E-state index contributed by atoms with van der Waals surface area (Å²) >= 11 is 3.43. The number of nitrogens with zero attached hydrogens (tertiary/aromatic N) is 2. The van der Waals surface area contributed by atoms with Crippen molar-refractivity contribution in [3.8, 4) is 11.4 Å². The van der Waals surface area contributed by atoms with E-state index in [1.165, 1.54) is 10.4 Å². The minimum absolute atomic E-state index is 0.0740. The summed E-state index contributed by atoms with van der Waals surface area (Å²) in [4.78, 5) is 21.2. The smallest absolute Gasteiger partial charge is 0.267 e. The van der Waals surface area contributed by atoms with Crippen molar-refractivity contribution in [1.82, 2.24) is 9.55 Å². The number of aromatic nitrogens is 2. The van der Waals surface area contributed by atoms with Crippen LogP contribution in [-0.4, -0.2) is 21.9 Å². The standard InChI is InChI=1S/C26H34N2O2S2/c1-6-8-15-31-25-27-23-22(20-14-9-17(26(3,4)5)16-21(20)32-23)24(29)28(25)18-10-12-19(13-11-18)30-7-2/h10-13,17H,6-9,14-16H2,1-5H3. The van der Waals surface area contributed by atoms with Crippen LogP contribution in [0.3, 0.4) is 0 Å². The van der Waals surface area contributed by atoms with Crippen LogP contribution in [0.5, 0.6) is 5.75 Å². The van der Waals surface area contributed by atoms with E-state index in [0.29, 0.717) is 12.5 Å². The Bertz CT molecular complexity index is 1140. The number of unbranched alkanes of at least 4 members (excludes halogenated alkanes) is 1. The van der Waals surface area contributed by atoms with Gasteiger partial charge in [0.25, 0.3) is 5.56 Å². The molecule has 0 radical (unpaired) electrons. The molecule has 172 valence electrons. The maximum Gasteiger partial charge on any atom is 0.267 e. The first-order valence-electron chi connectivity index (χ1n) is 11.8. The van der Waals surface area contributed by atoms with Crippen LogP contribution in [0.15, 0.2) is 34.2 Å². The fraction of sp³-hybridized carbons (Fsp3) is 0.538. The third-order valence-corrected chi connectivity index (χ3v) is 8.58. The van der Waals surface area contributed by atoms with Crippen molar-refractivity contribution in [2.75, 3.05) is 12.4 Å². The fourth-order valence-corrected chi connectivity index (χ4v) is 6.87. The molecular weight excluding hydrogens is 436 g/mol. The van der Waals surface area contributed by atoms with Crippen LogP contribution < -0.4 is 10.3 Å². The van der Waals surface area contributed by atoms with Gasteiger partial charge in [0.1, 0.15) is 10.6 Å². The van der Waals surface area contributed by atoms with E-state index in [0.717, 1.165) is 64.7 Å². The number of thioether (sulfide) groups is 1. The van der Waals surface area contributed by atoms with Crippen molar-refractivity contribution in [2.45, 2.75) is 71.9 Å². The Morgan fingerprint density at radius 1 is 1.22 bits per heavy atom. The van der Waals surface area contributed by atoms with E-state index in [2.05, 4.69) is 27.7 Å². The van der Waals surface area contributed by atoms with E-state index in [9.17, 15) is 4.79 Å². The molecule has 1 unspecified atom stereocenters. The predicted molar refractivity (Wildman–Crippen MR) is 137 cm³/mol. The Morgan fingerprint density at radius 3 is 2.62 bits per heavy atom. The monoisotopic (exact) mass is 470 g/mol. The molecule has 0 saturated carbocycles. The summed E-state index contributed by atoms with van der Waals surface area (Å²) in [7, 11) is 0. The van der Waals surface area contributed by atoms with Gasteiger partial charge in [0, 0.05) is 10.6 Å². The second-order valence-electron chi connectivity index (χ2n) is 9.65. The molecule has 1 atom stereocenters. The number of hydrogen-bond acceptors (Lipinski definition) is 5. The number of aryl methyl sites for hydroxylation is 1. The first kappa shape index (κ1) is 23.4. The van der Waals surface area contributed by atoms with Gasteiger partial charge in [0.05, 0.1) is 17.7 Å². The second-order valence-corrected chi connectivity index (χ2v) is 11.8. The lowest BCUT2D eigenvalue weighted by molar-refractivity contribution is 0.218. The molecule has 0 N–H and O–H groups in total. The highest BCUT2D eigenvalue weighted by molar-refractivity contribution is 7.99. The normalized spacial score (nSPS) is 16.3. The van der Waals surface area contributed by atoms with Crippen LogP contribution in [0.4, 0.5) is 0 Å². The average molecular weight is 471 g/mol. The molecule has 1 aliphatic rings. The molecule has 2 aromatic heterocycles. The fourth-order valence-electron chi connectivity index (χ4n) is 4.44. The molecule has 0 bridgehead atoms. The topological polar surface area (TPSA) is 44.1 Å². The molecule has 32 heavy (non-hydrogen) atoms. The lowest BCUT2D eigenvalue weighted by Gasteiger charge is -2.33. The molecule has 4 rings (SSSR count). The maximum absolute atomic E-state index is 13.9. The number of benzene rings is 1. The van der Waals surface area contributed by atoms with Crippen molar-refractivity contribution < 1.29 is 4.74 Å². The van der Waals surface area contributed by atoms with Gasteiger partial charge in [-0.1, -0.05) is 45.9 Å². The first-order chi connectivity index (χ1) is 15.3. The highest BCUT2D eigenvalue weighted by atomic mass is 32.2. The zero-order chi connectivity index (χ0) is 22.9. The SMILES string of the molecule is CCCCSc1nc2sc3c(c2c(=O)n1-c1ccc(OCC)cc1)CCC(C(C)(C)C)C3. The molecule has 0 fully saturated rings. The molecule has 1 aromatic carbocycles. The molecule has 4 nitrogen and oxygen atoms in total. The van der Waals surface area contributed by atoms with Gasteiger partial charge in [-0.15, -0.1) is 11.3 Å². The van der Waals surface area contributed by atoms with Gasteiger partial charge in [0.2, 0.25) is 0 Å². The van der Waals surface area contributed by atoms with Crippen molar-refractivity contribution >= 4 is 33.3 Å². The second kappa shape index (κ2) is 9.60. The predicted octanol–water partition coefficient (Wildman–Crippen LogP) is 6.89. The molecular formula is C26H34N2O2S2. The summed E-state index contributed by atoms with van der Waals surface area (Å²) in [6, 6.07) is 7.82. The van der Waals surface area contributed by atoms with Crippen LogP contribution in [0.2, 0.25) is 0 Å². The zero-order valence-electron chi connectivity index (χ0n) is 19.9. The number of fused-ring (bicyclic) bond motifs is 3. The van der Waals surface area contributed by atoms with Gasteiger partial charge in [-0.05, 0) is 73.8 Å². The molecule has 1 aliphatic carbocycles. The highest BCUT2D eigenvalue weighted by Gasteiger charge is 2.32. The van der Waals surface area contributed by atoms with Gasteiger partial charge in [-0.2, -0.15) is 0 Å². The molecule has 0 saturated heterocycles. The van der Waals surface area contributed by atoms with E-state index in [-0.39, 0.29) is 11.0 Å². The number of ether oxygens (including phenoxy) is 1. The molecule has 3 aromatic rings. The Kier molecular flexibility index (Phi) is 7.01. The maximum atomic E-state index is 13.9. The van der Waals surface area contributed by atoms with Crippen molar-refractivity contribution in [2.24, 2.45) is 11.3 Å². The molecule has 0 amide bonds. The number of hydrogen-bond donors (Lipinski definition) is 0.